The van der Waals surface area contributed by atoms with Gasteiger partial charge in [-0.2, -0.15) is 0 Å². The summed E-state index contributed by atoms with van der Waals surface area (Å²) in [5.41, 5.74) is 4.25. The zero-order valence-corrected chi connectivity index (χ0v) is 17.5. The van der Waals surface area contributed by atoms with Gasteiger partial charge in [-0.1, -0.05) is 41.9 Å². The molecular formula is C18H18Cl2N4O3S. The topological polar surface area (TPSA) is 80.5 Å². The van der Waals surface area contributed by atoms with Crippen molar-refractivity contribution in [3.63, 3.8) is 0 Å². The predicted molar refractivity (Wildman–Crippen MR) is 111 cm³/mol. The fraction of sp³-hybridized carbons (Fsp3) is 0.278. The minimum absolute atomic E-state index is 0.116. The molecule has 0 fully saturated rings. The summed E-state index contributed by atoms with van der Waals surface area (Å²) in [6, 6.07) is 8.45. The first-order valence-electron chi connectivity index (χ1n) is 8.44. The lowest BCUT2D eigenvalue weighted by Gasteiger charge is -2.35. The highest BCUT2D eigenvalue weighted by atomic mass is 35.5. The molecule has 1 atom stereocenters. The van der Waals surface area contributed by atoms with Gasteiger partial charge in [0.1, 0.15) is 17.7 Å². The van der Waals surface area contributed by atoms with E-state index in [9.17, 15) is 10.1 Å². The smallest absolute Gasteiger partial charge is 0.406 e. The van der Waals surface area contributed by atoms with Gasteiger partial charge in [-0.25, -0.2) is 5.01 Å². The second-order valence-corrected chi connectivity index (χ2v) is 8.36. The number of nitro groups is 1. The van der Waals surface area contributed by atoms with Gasteiger partial charge in [0.25, 0.3) is 0 Å². The molecule has 0 aliphatic carbocycles. The van der Waals surface area contributed by atoms with Gasteiger partial charge in [0.05, 0.1) is 0 Å². The molecule has 0 radical (unpaired) electrons. The number of nitrogens with zero attached hydrogens (tertiary/aromatic N) is 3. The second-order valence-electron chi connectivity index (χ2n) is 6.11. The summed E-state index contributed by atoms with van der Waals surface area (Å²) in [7, 11) is 0. The van der Waals surface area contributed by atoms with E-state index in [-0.39, 0.29) is 18.2 Å². The van der Waals surface area contributed by atoms with Crippen molar-refractivity contribution in [3.8, 4) is 5.75 Å². The Morgan fingerprint density at radius 3 is 2.71 bits per heavy atom. The maximum atomic E-state index is 11.2. The van der Waals surface area contributed by atoms with Crippen molar-refractivity contribution in [2.75, 3.05) is 13.2 Å². The van der Waals surface area contributed by atoms with Crippen LogP contribution in [0.2, 0.25) is 10.0 Å². The predicted octanol–water partition coefficient (Wildman–Crippen LogP) is 4.91. The third-order valence-electron chi connectivity index (χ3n) is 4.02. The Morgan fingerprint density at radius 2 is 2.07 bits per heavy atom. The van der Waals surface area contributed by atoms with E-state index in [0.29, 0.717) is 16.6 Å². The second kappa shape index (κ2) is 8.57. The quantitative estimate of drug-likeness (QED) is 0.483. The number of rotatable bonds is 7. The summed E-state index contributed by atoms with van der Waals surface area (Å²) in [5.74, 6) is -0.200. The number of nitrogens with one attached hydrogen (secondary N) is 1. The van der Waals surface area contributed by atoms with E-state index in [1.54, 1.807) is 12.1 Å². The van der Waals surface area contributed by atoms with Crippen LogP contribution in [0.5, 0.6) is 5.75 Å². The zero-order valence-electron chi connectivity index (χ0n) is 15.2. The number of hydrazine groups is 1. The zero-order chi connectivity index (χ0) is 20.3. The fourth-order valence-corrected chi connectivity index (χ4v) is 5.01. The minimum atomic E-state index is -0.656. The van der Waals surface area contributed by atoms with E-state index in [2.05, 4.69) is 10.4 Å². The monoisotopic (exact) mass is 440 g/mol. The van der Waals surface area contributed by atoms with Crippen molar-refractivity contribution in [2.24, 2.45) is 0 Å². The number of benzene rings is 1. The number of ether oxygens (including phenoxy) is 1. The molecule has 0 spiro atoms. The number of hydrogen-bond donors (Lipinski definition) is 1. The van der Waals surface area contributed by atoms with Crippen molar-refractivity contribution >= 4 is 40.8 Å². The molecule has 1 aliphatic heterocycles. The SMILES string of the molecule is CCN1NC(C)=CC1(COc1cccnc1[N+](=O)[O-])Sc1cc(Cl)cc(Cl)c1. The third-order valence-corrected chi connectivity index (χ3v) is 5.73. The van der Waals surface area contributed by atoms with Crippen molar-refractivity contribution in [2.45, 2.75) is 23.6 Å². The third kappa shape index (κ3) is 4.52. The molecule has 0 saturated heterocycles. The lowest BCUT2D eigenvalue weighted by Crippen LogP contribution is -2.50. The Kier molecular flexibility index (Phi) is 6.34. The lowest BCUT2D eigenvalue weighted by molar-refractivity contribution is -0.390. The van der Waals surface area contributed by atoms with Crippen LogP contribution in [0.3, 0.4) is 0 Å². The van der Waals surface area contributed by atoms with Crippen LogP contribution < -0.4 is 10.2 Å². The van der Waals surface area contributed by atoms with Crippen LogP contribution in [0.4, 0.5) is 5.82 Å². The molecule has 1 N–H and O–H groups in total. The molecule has 1 aromatic heterocycles. The summed E-state index contributed by atoms with van der Waals surface area (Å²) >= 11 is 13.8. The Hall–Kier alpha value is -2.00. The van der Waals surface area contributed by atoms with Gasteiger partial charge in [0, 0.05) is 27.2 Å². The van der Waals surface area contributed by atoms with Crippen molar-refractivity contribution in [1.82, 2.24) is 15.4 Å². The van der Waals surface area contributed by atoms with E-state index >= 15 is 0 Å². The van der Waals surface area contributed by atoms with E-state index in [1.165, 1.54) is 24.0 Å². The number of thioether (sulfide) groups is 1. The number of pyridine rings is 1. The minimum Gasteiger partial charge on any atom is -0.482 e. The summed E-state index contributed by atoms with van der Waals surface area (Å²) in [5, 5.41) is 14.3. The number of halogens is 2. The van der Waals surface area contributed by atoms with E-state index in [4.69, 9.17) is 27.9 Å². The standard InChI is InChI=1S/C18H18Cl2N4O3S/c1-3-23-18(10-12(2)22-23,28-15-8-13(19)7-14(20)9-15)11-27-16-5-4-6-21-17(16)24(25)26/h4-10,22H,3,11H2,1-2H3. The van der Waals surface area contributed by atoms with Crippen LogP contribution in [-0.4, -0.2) is 32.9 Å². The average Bonchev–Trinajstić information content (AvgIpc) is 2.94. The van der Waals surface area contributed by atoms with Gasteiger partial charge < -0.3 is 20.3 Å². The summed E-state index contributed by atoms with van der Waals surface area (Å²) < 4.78 is 5.88. The van der Waals surface area contributed by atoms with Crippen LogP contribution in [-0.2, 0) is 0 Å². The van der Waals surface area contributed by atoms with E-state index in [1.807, 2.05) is 37.1 Å². The molecule has 3 rings (SSSR count). The highest BCUT2D eigenvalue weighted by molar-refractivity contribution is 8.00. The van der Waals surface area contributed by atoms with Crippen LogP contribution in [0, 0.1) is 10.1 Å². The molecule has 1 aromatic carbocycles. The largest absolute Gasteiger partial charge is 0.482 e. The molecule has 28 heavy (non-hydrogen) atoms. The van der Waals surface area contributed by atoms with Crippen molar-refractivity contribution < 1.29 is 9.66 Å². The van der Waals surface area contributed by atoms with Crippen LogP contribution in [0.1, 0.15) is 13.8 Å². The highest BCUT2D eigenvalue weighted by Crippen LogP contribution is 2.42. The first kappa shape index (κ1) is 20.7. The Balaban J connectivity index is 1.93. The van der Waals surface area contributed by atoms with Crippen molar-refractivity contribution in [1.29, 1.82) is 0 Å². The molecule has 7 nitrogen and oxygen atoms in total. The Labute approximate surface area is 176 Å². The normalized spacial score (nSPS) is 19.2. The molecule has 0 bridgehead atoms. The molecule has 2 aromatic rings. The first-order valence-corrected chi connectivity index (χ1v) is 10.0. The van der Waals surface area contributed by atoms with Gasteiger partial charge in [-0.15, -0.1) is 0 Å². The number of allylic oxidation sites excluding steroid dienone is 1. The molecule has 2 heterocycles. The summed E-state index contributed by atoms with van der Waals surface area (Å²) in [6.45, 7) is 4.77. The van der Waals surface area contributed by atoms with Gasteiger partial charge in [0.15, 0.2) is 0 Å². The van der Waals surface area contributed by atoms with Gasteiger partial charge >= 0.3 is 5.82 Å². The maximum Gasteiger partial charge on any atom is 0.406 e. The number of hydrogen-bond acceptors (Lipinski definition) is 7. The lowest BCUT2D eigenvalue weighted by atomic mass is 10.2. The Bertz CT molecular complexity index is 907. The highest BCUT2D eigenvalue weighted by Gasteiger charge is 2.41. The molecule has 0 saturated carbocycles. The van der Waals surface area contributed by atoms with Gasteiger partial charge in [0.2, 0.25) is 5.75 Å². The van der Waals surface area contributed by atoms with Gasteiger partial charge in [-0.3, -0.25) is 0 Å². The number of likely N-dealkylation sites (N-methyl/N-ethyl adjacent to an activating group) is 1. The van der Waals surface area contributed by atoms with E-state index < -0.39 is 9.79 Å². The van der Waals surface area contributed by atoms with Crippen LogP contribution in [0.25, 0.3) is 0 Å². The fourth-order valence-electron chi connectivity index (χ4n) is 2.94. The summed E-state index contributed by atoms with van der Waals surface area (Å²) in [6.07, 6.45) is 3.39. The molecule has 148 valence electrons. The van der Waals surface area contributed by atoms with E-state index in [0.717, 1.165) is 10.6 Å². The molecular weight excluding hydrogens is 423 g/mol. The molecule has 1 aliphatic rings. The molecule has 10 heteroatoms. The van der Waals surface area contributed by atoms with Crippen molar-refractivity contribution in [3.05, 3.63) is 68.5 Å². The first-order chi connectivity index (χ1) is 13.3. The number of aromatic nitrogens is 1. The van der Waals surface area contributed by atoms with Gasteiger partial charge in [-0.05, 0) is 53.2 Å². The average molecular weight is 441 g/mol. The maximum absolute atomic E-state index is 11.2. The summed E-state index contributed by atoms with van der Waals surface area (Å²) in [4.78, 5) is 14.7. The molecule has 1 unspecified atom stereocenters. The Morgan fingerprint density at radius 1 is 1.36 bits per heavy atom. The van der Waals surface area contributed by atoms with Crippen LogP contribution >= 0.6 is 35.0 Å². The molecule has 0 amide bonds. The van der Waals surface area contributed by atoms with Crippen LogP contribution in [0.15, 0.2) is 53.2 Å².